The molecule has 0 bridgehead atoms. The Hall–Kier alpha value is -1.49. The molecule has 10 heteroatoms. The molecule has 0 radical (unpaired) electrons. The highest BCUT2D eigenvalue weighted by atomic mass is 28.4. The van der Waals surface area contributed by atoms with Gasteiger partial charge in [0.2, 0.25) is 0 Å². The van der Waals surface area contributed by atoms with Crippen LogP contribution in [0, 0.1) is 0 Å². The molecule has 9 nitrogen and oxygen atoms in total. The summed E-state index contributed by atoms with van der Waals surface area (Å²) in [4.78, 5) is 22.2. The minimum atomic E-state index is -1.92. The molecule has 26 heavy (non-hydrogen) atoms. The van der Waals surface area contributed by atoms with Crippen molar-refractivity contribution in [1.29, 1.82) is 0 Å². The van der Waals surface area contributed by atoms with Crippen LogP contribution in [0.3, 0.4) is 0 Å². The van der Waals surface area contributed by atoms with Gasteiger partial charge in [-0.05, 0) is 18.1 Å². The van der Waals surface area contributed by atoms with Crippen molar-refractivity contribution in [1.82, 2.24) is 10.2 Å². The van der Waals surface area contributed by atoms with Crippen molar-refractivity contribution >= 4 is 26.5 Å². The second kappa shape index (κ2) is 6.59. The number of nitrogens with one attached hydrogen (secondary N) is 1. The van der Waals surface area contributed by atoms with Gasteiger partial charge in [0.1, 0.15) is 12.3 Å². The predicted octanol–water partition coefficient (Wildman–Crippen LogP) is -0.0328. The first-order valence-electron chi connectivity index (χ1n) is 8.92. The van der Waals surface area contributed by atoms with Gasteiger partial charge in [-0.3, -0.25) is 15.1 Å². The Morgan fingerprint density at radius 2 is 2.19 bits per heavy atom. The van der Waals surface area contributed by atoms with E-state index in [0.29, 0.717) is 13.0 Å². The van der Waals surface area contributed by atoms with Crippen LogP contribution in [0.2, 0.25) is 18.1 Å². The van der Waals surface area contributed by atoms with Crippen LogP contribution in [0.15, 0.2) is 9.98 Å². The maximum atomic E-state index is 12.0. The smallest absolute Gasteiger partial charge is 0.255 e. The van der Waals surface area contributed by atoms with Crippen molar-refractivity contribution in [2.45, 2.75) is 76.0 Å². The van der Waals surface area contributed by atoms with E-state index in [-0.39, 0.29) is 16.9 Å². The zero-order valence-corrected chi connectivity index (χ0v) is 17.0. The number of aliphatic imine (C=N–C) groups is 2. The lowest BCUT2D eigenvalue weighted by molar-refractivity contribution is -0.123. The van der Waals surface area contributed by atoms with E-state index in [1.165, 1.54) is 0 Å². The summed E-state index contributed by atoms with van der Waals surface area (Å²) in [5.41, 5.74) is 5.66. The quantitative estimate of drug-likeness (QED) is 0.586. The number of amides is 1. The molecule has 3 aliphatic rings. The van der Waals surface area contributed by atoms with Gasteiger partial charge in [0.25, 0.3) is 5.91 Å². The molecule has 3 heterocycles. The predicted molar refractivity (Wildman–Crippen MR) is 100 cm³/mol. The number of guanidine groups is 1. The zero-order chi connectivity index (χ0) is 19.3. The number of rotatable bonds is 4. The van der Waals surface area contributed by atoms with Crippen molar-refractivity contribution in [3.05, 3.63) is 0 Å². The number of carbonyl (C=O) groups is 1. The number of hydrogen-bond acceptors (Lipinski definition) is 8. The number of hydrogen-bond donors (Lipinski definition) is 3. The molecule has 0 aliphatic carbocycles. The van der Waals surface area contributed by atoms with Crippen LogP contribution in [0.5, 0.6) is 0 Å². The van der Waals surface area contributed by atoms with E-state index >= 15 is 0 Å². The van der Waals surface area contributed by atoms with Gasteiger partial charge in [-0.2, -0.15) is 0 Å². The normalized spacial score (nSPS) is 34.7. The van der Waals surface area contributed by atoms with Gasteiger partial charge in [0.05, 0.1) is 19.0 Å². The minimum absolute atomic E-state index is 0.0723. The molecule has 0 aromatic heterocycles. The summed E-state index contributed by atoms with van der Waals surface area (Å²) in [5, 5.41) is 13.0. The van der Waals surface area contributed by atoms with Gasteiger partial charge in [-0.1, -0.05) is 20.8 Å². The number of fused-ring (bicyclic) bond motifs is 1. The van der Waals surface area contributed by atoms with Crippen LogP contribution in [-0.4, -0.2) is 73.8 Å². The monoisotopic (exact) mass is 383 g/mol. The molecular weight excluding hydrogens is 354 g/mol. The fourth-order valence-electron chi connectivity index (χ4n) is 2.97. The van der Waals surface area contributed by atoms with Crippen LogP contribution < -0.4 is 11.1 Å². The van der Waals surface area contributed by atoms with Gasteiger partial charge < -0.3 is 24.9 Å². The molecule has 1 amide bonds. The Labute approximate surface area is 154 Å². The van der Waals surface area contributed by atoms with E-state index in [9.17, 15) is 9.90 Å². The third-order valence-electron chi connectivity index (χ3n) is 5.69. The summed E-state index contributed by atoms with van der Waals surface area (Å²) in [6.07, 6.45) is -0.0416. The van der Waals surface area contributed by atoms with Crippen LogP contribution in [0.25, 0.3) is 0 Å². The van der Waals surface area contributed by atoms with E-state index in [1.807, 2.05) is 0 Å². The van der Waals surface area contributed by atoms with Crippen LogP contribution >= 0.6 is 0 Å². The molecule has 146 valence electrons. The molecule has 3 unspecified atom stereocenters. The lowest BCUT2D eigenvalue weighted by Gasteiger charge is -2.37. The van der Waals surface area contributed by atoms with E-state index < -0.39 is 39.0 Å². The Morgan fingerprint density at radius 3 is 2.85 bits per heavy atom. The van der Waals surface area contributed by atoms with Crippen molar-refractivity contribution in [3.63, 3.8) is 0 Å². The molecule has 4 N–H and O–H groups in total. The molecule has 0 spiro atoms. The topological polar surface area (TPSA) is 122 Å². The van der Waals surface area contributed by atoms with E-state index in [4.69, 9.17) is 14.9 Å². The highest BCUT2D eigenvalue weighted by Crippen LogP contribution is 2.37. The van der Waals surface area contributed by atoms with Gasteiger partial charge in [0, 0.05) is 6.42 Å². The Balaban J connectivity index is 1.63. The summed E-state index contributed by atoms with van der Waals surface area (Å²) in [5.74, 6) is -0.208. The number of aliphatic hydroxyl groups is 1. The second-order valence-corrected chi connectivity index (χ2v) is 13.4. The standard InChI is InChI=1S/C16H29N5O4Si/c1-16(2,3)26(4,5)24-7-10-9(22)6-11(25-10)21-8-18-12-13(21)19-15(17)20-14(12)23/h8-13,22H,6-7H2,1-5H3,(H3,17,19,20,23)/t9?,10-,11-,12?,13?/m1/s1. The summed E-state index contributed by atoms with van der Waals surface area (Å²) in [6.45, 7) is 11.2. The molecule has 3 aliphatic heterocycles. The summed E-state index contributed by atoms with van der Waals surface area (Å²) in [6, 6.07) is -0.634. The van der Waals surface area contributed by atoms with Gasteiger partial charge >= 0.3 is 0 Å². The third-order valence-corrected chi connectivity index (χ3v) is 10.2. The average molecular weight is 384 g/mol. The van der Waals surface area contributed by atoms with Crippen LogP contribution in [0.1, 0.15) is 27.2 Å². The SMILES string of the molecule is CC(C)(C)[Si](C)(C)OC[C@H]1O[C@@H](N2C=NC3C(=O)NC(N)=NC32)CC1O. The van der Waals surface area contributed by atoms with Crippen molar-refractivity contribution in [2.24, 2.45) is 15.7 Å². The lowest BCUT2D eigenvalue weighted by Crippen LogP contribution is -2.55. The third kappa shape index (κ3) is 3.50. The van der Waals surface area contributed by atoms with E-state index in [0.717, 1.165) is 0 Å². The first kappa shape index (κ1) is 19.3. The molecule has 1 saturated heterocycles. The van der Waals surface area contributed by atoms with Crippen molar-refractivity contribution in [2.75, 3.05) is 6.61 Å². The zero-order valence-electron chi connectivity index (χ0n) is 16.0. The summed E-state index contributed by atoms with van der Waals surface area (Å²) < 4.78 is 12.2. The molecule has 3 rings (SSSR count). The molecular formula is C16H29N5O4Si. The first-order chi connectivity index (χ1) is 12.0. The first-order valence-corrected chi connectivity index (χ1v) is 11.8. The number of ether oxygens (including phenoxy) is 1. The van der Waals surface area contributed by atoms with Gasteiger partial charge in [-0.25, -0.2) is 4.99 Å². The number of aliphatic hydroxyl groups excluding tert-OH is 1. The maximum absolute atomic E-state index is 12.0. The average Bonchev–Trinajstić information content (AvgIpc) is 3.07. The van der Waals surface area contributed by atoms with Crippen LogP contribution in [-0.2, 0) is 14.0 Å². The van der Waals surface area contributed by atoms with Crippen LogP contribution in [0.4, 0.5) is 0 Å². The minimum Gasteiger partial charge on any atom is -0.414 e. The summed E-state index contributed by atoms with van der Waals surface area (Å²) in [7, 11) is -1.92. The largest absolute Gasteiger partial charge is 0.414 e. The Morgan fingerprint density at radius 1 is 1.50 bits per heavy atom. The van der Waals surface area contributed by atoms with Gasteiger partial charge in [-0.15, -0.1) is 0 Å². The highest BCUT2D eigenvalue weighted by molar-refractivity contribution is 6.74. The van der Waals surface area contributed by atoms with E-state index in [2.05, 4.69) is 49.2 Å². The molecule has 0 aromatic carbocycles. The number of carbonyl (C=O) groups excluding carboxylic acids is 1. The Bertz CT molecular complexity index is 633. The van der Waals surface area contributed by atoms with Gasteiger partial charge in [0.15, 0.2) is 26.5 Å². The van der Waals surface area contributed by atoms with Crippen molar-refractivity contribution in [3.8, 4) is 0 Å². The second-order valence-electron chi connectivity index (χ2n) is 8.58. The molecule has 0 saturated carbocycles. The number of nitrogens with zero attached hydrogens (tertiary/aromatic N) is 3. The maximum Gasteiger partial charge on any atom is 0.255 e. The van der Waals surface area contributed by atoms with Crippen molar-refractivity contribution < 1.29 is 19.1 Å². The Kier molecular flexibility index (Phi) is 4.89. The number of nitrogens with two attached hydrogens (primary N) is 1. The van der Waals surface area contributed by atoms with E-state index in [1.54, 1.807) is 11.2 Å². The fourth-order valence-corrected chi connectivity index (χ4v) is 3.99. The fraction of sp³-hybridized carbons (Fsp3) is 0.812. The highest BCUT2D eigenvalue weighted by Gasteiger charge is 2.47. The molecule has 5 atom stereocenters. The molecule has 1 fully saturated rings. The molecule has 0 aromatic rings. The summed E-state index contributed by atoms with van der Waals surface area (Å²) >= 11 is 0. The lowest BCUT2D eigenvalue weighted by atomic mass is 10.1.